The van der Waals surface area contributed by atoms with Crippen molar-refractivity contribution in [2.45, 2.75) is 11.4 Å². The Morgan fingerprint density at radius 3 is 1.79 bits per heavy atom. The molecule has 0 atom stereocenters. The van der Waals surface area contributed by atoms with Crippen molar-refractivity contribution in [2.24, 2.45) is 0 Å². The van der Waals surface area contributed by atoms with Crippen LogP contribution in [0.4, 0.5) is 0 Å². The van der Waals surface area contributed by atoms with E-state index in [1.54, 1.807) is 0 Å². The zero-order valence-corrected chi connectivity index (χ0v) is 13.2. The van der Waals surface area contributed by atoms with Crippen molar-refractivity contribution in [1.82, 2.24) is 7.63 Å². The summed E-state index contributed by atoms with van der Waals surface area (Å²) in [7, 11) is 4.41. The van der Waals surface area contributed by atoms with Crippen LogP contribution in [0.25, 0.3) is 0 Å². The van der Waals surface area contributed by atoms with E-state index in [-0.39, 0.29) is 0 Å². The molecule has 1 fully saturated rings. The summed E-state index contributed by atoms with van der Waals surface area (Å²) in [6.07, 6.45) is 0. The molecule has 0 aromatic carbocycles. The molecule has 0 N–H and O–H groups in total. The number of nitrogens with zero attached hydrogens (tertiary/aromatic N) is 2. The molecule has 0 unspecified atom stereocenters. The van der Waals surface area contributed by atoms with Crippen molar-refractivity contribution in [1.29, 1.82) is 0 Å². The zero-order valence-electron chi connectivity index (χ0n) is 9.43. The van der Waals surface area contributed by atoms with Crippen LogP contribution < -0.4 is 0 Å². The van der Waals surface area contributed by atoms with Crippen molar-refractivity contribution in [2.75, 3.05) is 40.4 Å². The van der Waals surface area contributed by atoms with Gasteiger partial charge in [-0.05, 0) is 0 Å². The third-order valence-corrected chi connectivity index (χ3v) is 9.64. The Morgan fingerprint density at radius 2 is 1.36 bits per heavy atom. The van der Waals surface area contributed by atoms with Crippen molar-refractivity contribution in [3.05, 3.63) is 0 Å². The molecule has 1 aliphatic rings. The summed E-state index contributed by atoms with van der Waals surface area (Å²) in [6.45, 7) is 3.76. The van der Waals surface area contributed by atoms with Gasteiger partial charge in [-0.25, -0.2) is 0 Å². The molecule has 0 spiro atoms. The van der Waals surface area contributed by atoms with Crippen molar-refractivity contribution >= 4 is 30.4 Å². The molecule has 0 aromatic rings. The van der Waals surface area contributed by atoms with Gasteiger partial charge in [0.1, 0.15) is 0 Å². The summed E-state index contributed by atoms with van der Waals surface area (Å²) in [5, 5.41) is 0. The van der Waals surface area contributed by atoms with E-state index in [0.29, 0.717) is 0 Å². The first-order valence-electron chi connectivity index (χ1n) is 4.76. The molecule has 14 heavy (non-hydrogen) atoms. The van der Waals surface area contributed by atoms with E-state index in [1.165, 1.54) is 0 Å². The SMILES string of the molecule is CN1CCO[As](C)OCCN(C)[As]1C. The molecule has 84 valence electrons. The van der Waals surface area contributed by atoms with E-state index >= 15 is 0 Å². The molecule has 0 bridgehead atoms. The number of likely N-dealkylation sites (N-methyl/N-ethyl adjacent to an activating group) is 2. The minimum atomic E-state index is -1.39. The molecule has 0 saturated carbocycles. The Labute approximate surface area is 97.2 Å². The van der Waals surface area contributed by atoms with Gasteiger partial charge in [0.25, 0.3) is 0 Å². The van der Waals surface area contributed by atoms with Gasteiger partial charge >= 0.3 is 97.3 Å². The standard InChI is InChI=1S/C8H20As2N2O2/c1-9-11(3)5-7-13-10(2)14-8-6-12(9)4/h5-8H2,1-4H3. The molecule has 4 nitrogen and oxygen atoms in total. The average Bonchev–Trinajstić information content (AvgIpc) is 2.15. The first-order valence-corrected chi connectivity index (χ1v) is 11.7. The fourth-order valence-electron chi connectivity index (χ4n) is 1.19. The van der Waals surface area contributed by atoms with E-state index in [2.05, 4.69) is 33.2 Å². The van der Waals surface area contributed by atoms with Crippen LogP contribution in [-0.2, 0) is 7.45 Å². The maximum atomic E-state index is 5.66. The molecule has 6 heteroatoms. The van der Waals surface area contributed by atoms with Gasteiger partial charge in [-0.3, -0.25) is 0 Å². The Hall–Kier alpha value is 0.957. The van der Waals surface area contributed by atoms with Gasteiger partial charge in [-0.2, -0.15) is 0 Å². The van der Waals surface area contributed by atoms with Crippen LogP contribution >= 0.6 is 0 Å². The number of hydrogen-bond donors (Lipinski definition) is 0. The van der Waals surface area contributed by atoms with Crippen LogP contribution in [0.15, 0.2) is 0 Å². The van der Waals surface area contributed by atoms with Crippen molar-refractivity contribution < 1.29 is 7.45 Å². The summed E-state index contributed by atoms with van der Waals surface area (Å²) in [4.78, 5) is 0. The van der Waals surface area contributed by atoms with Crippen LogP contribution in [0.5, 0.6) is 0 Å². The van der Waals surface area contributed by atoms with E-state index in [1.807, 2.05) is 0 Å². The first kappa shape index (κ1) is 13.0. The predicted molar refractivity (Wildman–Crippen MR) is 60.4 cm³/mol. The van der Waals surface area contributed by atoms with Gasteiger partial charge in [0.15, 0.2) is 0 Å². The zero-order chi connectivity index (χ0) is 10.6. The fourth-order valence-corrected chi connectivity index (χ4v) is 5.42. The second-order valence-corrected chi connectivity index (χ2v) is 11.2. The Kier molecular flexibility index (Phi) is 6.07. The second kappa shape index (κ2) is 6.52. The molecule has 0 amide bonds. The number of hydrogen-bond acceptors (Lipinski definition) is 4. The van der Waals surface area contributed by atoms with E-state index in [0.717, 1.165) is 26.3 Å². The first-order chi connectivity index (χ1) is 6.61. The van der Waals surface area contributed by atoms with Crippen molar-refractivity contribution in [3.63, 3.8) is 0 Å². The van der Waals surface area contributed by atoms with Gasteiger partial charge < -0.3 is 0 Å². The fraction of sp³-hybridized carbons (Fsp3) is 1.00. The van der Waals surface area contributed by atoms with E-state index < -0.39 is 30.4 Å². The minimum absolute atomic E-state index is 0.833. The van der Waals surface area contributed by atoms with Crippen LogP contribution in [0.2, 0.25) is 11.4 Å². The van der Waals surface area contributed by atoms with Crippen LogP contribution in [0.3, 0.4) is 0 Å². The Balaban J connectivity index is 2.45. The molecule has 0 aromatic heterocycles. The Bertz CT molecular complexity index is 157. The quantitative estimate of drug-likeness (QED) is 0.591. The maximum absolute atomic E-state index is 5.66. The monoisotopic (exact) mass is 326 g/mol. The Morgan fingerprint density at radius 1 is 0.929 bits per heavy atom. The summed E-state index contributed by atoms with van der Waals surface area (Å²) >= 11 is -2.36. The summed E-state index contributed by atoms with van der Waals surface area (Å²) in [6, 6.07) is 0. The molecule has 0 radical (unpaired) electrons. The predicted octanol–water partition coefficient (Wildman–Crippen LogP) is 0.133. The third-order valence-electron chi connectivity index (χ3n) is 2.36. The molecule has 1 rings (SSSR count). The molecule has 1 aliphatic heterocycles. The summed E-state index contributed by atoms with van der Waals surface area (Å²) < 4.78 is 16.2. The topological polar surface area (TPSA) is 24.9 Å². The summed E-state index contributed by atoms with van der Waals surface area (Å²) in [5.41, 5.74) is 4.46. The molecular formula is C8H20As2N2O2. The van der Waals surface area contributed by atoms with Crippen LogP contribution in [0, 0.1) is 0 Å². The van der Waals surface area contributed by atoms with Crippen molar-refractivity contribution in [3.8, 4) is 0 Å². The number of rotatable bonds is 0. The second-order valence-electron chi connectivity index (χ2n) is 3.36. The summed E-state index contributed by atoms with van der Waals surface area (Å²) in [5.74, 6) is 0. The normalized spacial score (nSPS) is 34.3. The van der Waals surface area contributed by atoms with Gasteiger partial charge in [0, 0.05) is 0 Å². The van der Waals surface area contributed by atoms with Gasteiger partial charge in [0.2, 0.25) is 0 Å². The molecule has 1 saturated heterocycles. The van der Waals surface area contributed by atoms with E-state index in [4.69, 9.17) is 7.45 Å². The molecule has 1 heterocycles. The van der Waals surface area contributed by atoms with E-state index in [9.17, 15) is 0 Å². The van der Waals surface area contributed by atoms with Crippen LogP contribution in [0.1, 0.15) is 0 Å². The molecule has 0 aliphatic carbocycles. The molecular weight excluding hydrogens is 306 g/mol. The van der Waals surface area contributed by atoms with Gasteiger partial charge in [0.05, 0.1) is 0 Å². The van der Waals surface area contributed by atoms with Gasteiger partial charge in [-0.15, -0.1) is 0 Å². The average molecular weight is 326 g/mol. The third kappa shape index (κ3) is 4.22. The van der Waals surface area contributed by atoms with Crippen LogP contribution in [-0.4, -0.2) is 78.5 Å². The van der Waals surface area contributed by atoms with Gasteiger partial charge in [-0.1, -0.05) is 0 Å².